The second-order valence-corrected chi connectivity index (χ2v) is 12.7. The van der Waals surface area contributed by atoms with Crippen LogP contribution in [0.1, 0.15) is 86.5 Å². The predicted octanol–water partition coefficient (Wildman–Crippen LogP) is 5.02. The van der Waals surface area contributed by atoms with E-state index in [4.69, 9.17) is 19.3 Å². The standard InChI is InChI=1S/C32H52O8/c1-20(16-25(34)30(37)32(7)19-21(2)22(3)23(4)40-32)26-18-27(38-8)31(5,6)28(39-26)17-24(33)14-12-10-9-11-13-15-29(35)36/h9,11,13,15,20,22-24,26-28,30,33,37H,2,10,12,14,16-19H2,1,3-8H3,(H,35,36)/b11-9+,15-13+/t20-,22-,23-,24-,26+,27-,28-,30-,32-/m1/s1. The van der Waals surface area contributed by atoms with Crippen LogP contribution < -0.4 is 0 Å². The molecule has 2 aliphatic heterocycles. The molecule has 0 bridgehead atoms. The van der Waals surface area contributed by atoms with E-state index in [1.165, 1.54) is 6.08 Å². The van der Waals surface area contributed by atoms with Gasteiger partial charge in [0, 0.05) is 50.2 Å². The van der Waals surface area contributed by atoms with E-state index in [1.807, 2.05) is 26.8 Å². The summed E-state index contributed by atoms with van der Waals surface area (Å²) in [5.41, 5.74) is -0.360. The SMILES string of the molecule is C=C1C[C@](C)([C@H](O)C(=O)C[C@@H](C)[C@@H]2C[C@@H](OC)C(C)(C)[C@@H](C[C@H](O)CCC/C=C/C=C/C(=O)O)O2)O[C@H](C)[C@@H]1C. The second-order valence-electron chi connectivity index (χ2n) is 12.7. The van der Waals surface area contributed by atoms with Gasteiger partial charge in [-0.05, 0) is 39.0 Å². The van der Waals surface area contributed by atoms with Crippen molar-refractivity contribution in [2.75, 3.05) is 7.11 Å². The fourth-order valence-corrected chi connectivity index (χ4v) is 6.01. The summed E-state index contributed by atoms with van der Waals surface area (Å²) in [5.74, 6) is -1.24. The molecular weight excluding hydrogens is 512 g/mol. The zero-order valence-electron chi connectivity index (χ0n) is 25.5. The third-order valence-corrected chi connectivity index (χ3v) is 9.03. The molecule has 40 heavy (non-hydrogen) atoms. The number of aliphatic hydroxyl groups excluding tert-OH is 2. The van der Waals surface area contributed by atoms with Crippen LogP contribution >= 0.6 is 0 Å². The van der Waals surface area contributed by atoms with Gasteiger partial charge < -0.3 is 29.5 Å². The third-order valence-electron chi connectivity index (χ3n) is 9.03. The van der Waals surface area contributed by atoms with E-state index < -0.39 is 23.8 Å². The number of hydrogen-bond donors (Lipinski definition) is 3. The minimum atomic E-state index is -1.26. The van der Waals surface area contributed by atoms with Gasteiger partial charge in [0.25, 0.3) is 0 Å². The van der Waals surface area contributed by atoms with E-state index in [-0.39, 0.29) is 53.9 Å². The van der Waals surface area contributed by atoms with Crippen LogP contribution in [-0.2, 0) is 23.8 Å². The van der Waals surface area contributed by atoms with Crippen LogP contribution in [0.25, 0.3) is 0 Å². The molecule has 0 saturated carbocycles. The Kier molecular flexibility index (Phi) is 12.8. The topological polar surface area (TPSA) is 123 Å². The van der Waals surface area contributed by atoms with Gasteiger partial charge in [-0.3, -0.25) is 4.79 Å². The smallest absolute Gasteiger partial charge is 0.328 e. The minimum Gasteiger partial charge on any atom is -0.478 e. The number of rotatable bonds is 14. The average Bonchev–Trinajstić information content (AvgIpc) is 2.86. The molecule has 0 unspecified atom stereocenters. The number of Topliss-reactive ketones (excluding diaryl/α,β-unsaturated/α-hetero) is 1. The summed E-state index contributed by atoms with van der Waals surface area (Å²) in [5, 5.41) is 30.5. The van der Waals surface area contributed by atoms with Crippen molar-refractivity contribution >= 4 is 11.8 Å². The van der Waals surface area contributed by atoms with E-state index in [9.17, 15) is 19.8 Å². The zero-order chi connectivity index (χ0) is 30.3. The highest BCUT2D eigenvalue weighted by Crippen LogP contribution is 2.43. The largest absolute Gasteiger partial charge is 0.478 e. The van der Waals surface area contributed by atoms with Crippen LogP contribution in [0.3, 0.4) is 0 Å². The van der Waals surface area contributed by atoms with Crippen molar-refractivity contribution in [1.82, 2.24) is 0 Å². The van der Waals surface area contributed by atoms with Crippen LogP contribution in [0.15, 0.2) is 36.5 Å². The van der Waals surface area contributed by atoms with Gasteiger partial charge in [-0.1, -0.05) is 58.1 Å². The Morgan fingerprint density at radius 3 is 2.48 bits per heavy atom. The zero-order valence-corrected chi connectivity index (χ0v) is 25.5. The second kappa shape index (κ2) is 14.9. The first-order valence-electron chi connectivity index (χ1n) is 14.6. The molecule has 2 rings (SSSR count). The number of ketones is 1. The molecule has 0 aliphatic carbocycles. The van der Waals surface area contributed by atoms with Crippen LogP contribution in [0.5, 0.6) is 0 Å². The van der Waals surface area contributed by atoms with E-state index in [0.717, 1.165) is 24.5 Å². The number of carbonyl (C=O) groups is 2. The maximum Gasteiger partial charge on any atom is 0.328 e. The number of methoxy groups -OCH3 is 1. The molecular formula is C32H52O8. The number of allylic oxidation sites excluding steroid dienone is 3. The van der Waals surface area contributed by atoms with Crippen LogP contribution in [0, 0.1) is 17.3 Å². The third kappa shape index (κ3) is 9.08. The first-order valence-corrected chi connectivity index (χ1v) is 14.6. The molecule has 0 spiro atoms. The van der Waals surface area contributed by atoms with Gasteiger partial charge in [-0.2, -0.15) is 0 Å². The minimum absolute atomic E-state index is 0.111. The van der Waals surface area contributed by atoms with Crippen LogP contribution in [0.4, 0.5) is 0 Å². The molecule has 3 N–H and O–H groups in total. The summed E-state index contributed by atoms with van der Waals surface area (Å²) in [6.45, 7) is 16.1. The van der Waals surface area contributed by atoms with Crippen molar-refractivity contribution in [3.8, 4) is 0 Å². The van der Waals surface area contributed by atoms with E-state index in [2.05, 4.69) is 20.4 Å². The molecule has 0 aromatic carbocycles. The molecule has 9 atom stereocenters. The maximum atomic E-state index is 13.3. The molecule has 0 aromatic heterocycles. The molecule has 228 valence electrons. The molecule has 2 aliphatic rings. The summed E-state index contributed by atoms with van der Waals surface area (Å²) >= 11 is 0. The van der Waals surface area contributed by atoms with Gasteiger partial charge in [0.05, 0.1) is 30.5 Å². The summed E-state index contributed by atoms with van der Waals surface area (Å²) in [6.07, 6.45) is 7.27. The molecule has 8 heteroatoms. The van der Waals surface area contributed by atoms with Gasteiger partial charge in [0.15, 0.2) is 5.78 Å². The van der Waals surface area contributed by atoms with Gasteiger partial charge in [0.2, 0.25) is 0 Å². The summed E-state index contributed by atoms with van der Waals surface area (Å²) in [7, 11) is 1.68. The number of carbonyl (C=O) groups excluding carboxylic acids is 1. The molecule has 0 radical (unpaired) electrons. The molecule has 0 amide bonds. The predicted molar refractivity (Wildman–Crippen MR) is 155 cm³/mol. The first kappa shape index (κ1) is 34.4. The molecule has 2 fully saturated rings. The number of aliphatic carboxylic acids is 1. The fourth-order valence-electron chi connectivity index (χ4n) is 6.01. The van der Waals surface area contributed by atoms with Crippen molar-refractivity contribution in [2.45, 2.75) is 129 Å². The highest BCUT2D eigenvalue weighted by atomic mass is 16.5. The van der Waals surface area contributed by atoms with Crippen molar-refractivity contribution in [1.29, 1.82) is 0 Å². The lowest BCUT2D eigenvalue weighted by molar-refractivity contribution is -0.204. The first-order chi connectivity index (χ1) is 18.6. The highest BCUT2D eigenvalue weighted by molar-refractivity contribution is 5.84. The Balaban J connectivity index is 1.99. The van der Waals surface area contributed by atoms with Gasteiger partial charge >= 0.3 is 5.97 Å². The van der Waals surface area contributed by atoms with Crippen LogP contribution in [0.2, 0.25) is 0 Å². The van der Waals surface area contributed by atoms with Crippen LogP contribution in [-0.4, -0.2) is 76.4 Å². The lowest BCUT2D eigenvalue weighted by Crippen LogP contribution is -2.55. The lowest BCUT2D eigenvalue weighted by Gasteiger charge is -2.49. The number of carboxylic acids is 1. The fraction of sp³-hybridized carbons (Fsp3) is 0.750. The Labute approximate surface area is 240 Å². The molecule has 2 saturated heterocycles. The number of hydrogen-bond acceptors (Lipinski definition) is 7. The van der Waals surface area contributed by atoms with Crippen molar-refractivity contribution < 1.29 is 39.1 Å². The molecule has 2 heterocycles. The van der Waals surface area contributed by atoms with E-state index >= 15 is 0 Å². The number of ether oxygens (including phenoxy) is 3. The Bertz CT molecular complexity index is 924. The Morgan fingerprint density at radius 1 is 1.20 bits per heavy atom. The average molecular weight is 565 g/mol. The lowest BCUT2D eigenvalue weighted by atomic mass is 9.72. The number of carboxylic acid groups (broad SMARTS) is 1. The van der Waals surface area contributed by atoms with E-state index in [1.54, 1.807) is 20.1 Å². The monoisotopic (exact) mass is 564 g/mol. The van der Waals surface area contributed by atoms with E-state index in [0.29, 0.717) is 25.7 Å². The van der Waals surface area contributed by atoms with Gasteiger partial charge in [0.1, 0.15) is 11.7 Å². The van der Waals surface area contributed by atoms with Gasteiger partial charge in [-0.15, -0.1) is 0 Å². The Morgan fingerprint density at radius 2 is 1.88 bits per heavy atom. The summed E-state index contributed by atoms with van der Waals surface area (Å²) < 4.78 is 18.5. The van der Waals surface area contributed by atoms with Crippen molar-refractivity contribution in [3.63, 3.8) is 0 Å². The van der Waals surface area contributed by atoms with Crippen molar-refractivity contribution in [2.24, 2.45) is 17.3 Å². The number of unbranched alkanes of at least 4 members (excludes halogenated alkanes) is 1. The highest BCUT2D eigenvalue weighted by Gasteiger charge is 2.49. The number of aliphatic hydroxyl groups is 2. The maximum absolute atomic E-state index is 13.3. The quantitative estimate of drug-likeness (QED) is 0.116. The Hall–Kier alpha value is -1.84. The summed E-state index contributed by atoms with van der Waals surface area (Å²) in [6, 6.07) is 0. The summed E-state index contributed by atoms with van der Waals surface area (Å²) in [4.78, 5) is 23.8. The molecule has 8 nitrogen and oxygen atoms in total. The molecule has 0 aromatic rings. The van der Waals surface area contributed by atoms with Crippen molar-refractivity contribution in [3.05, 3.63) is 36.5 Å². The normalized spacial score (nSPS) is 33.2. The van der Waals surface area contributed by atoms with Gasteiger partial charge in [-0.25, -0.2) is 4.79 Å².